The van der Waals surface area contributed by atoms with E-state index < -0.39 is 11.8 Å². The minimum absolute atomic E-state index is 0.0129. The van der Waals surface area contributed by atoms with Gasteiger partial charge in [-0.3, -0.25) is 25.4 Å². The summed E-state index contributed by atoms with van der Waals surface area (Å²) in [6, 6.07) is 21.5. The van der Waals surface area contributed by atoms with Gasteiger partial charge in [0.15, 0.2) is 0 Å². The van der Waals surface area contributed by atoms with Crippen LogP contribution in [0, 0.1) is 0 Å². The van der Waals surface area contributed by atoms with Crippen LogP contribution in [-0.2, 0) is 11.2 Å². The molecule has 0 bridgehead atoms. The van der Waals surface area contributed by atoms with Crippen LogP contribution in [0.5, 0.6) is 0 Å². The van der Waals surface area contributed by atoms with Gasteiger partial charge in [-0.15, -0.1) is 0 Å². The number of pyridine rings is 1. The fourth-order valence-corrected chi connectivity index (χ4v) is 3.62. The third kappa shape index (κ3) is 5.17. The molecule has 0 radical (unpaired) electrons. The van der Waals surface area contributed by atoms with Gasteiger partial charge in [-0.2, -0.15) is 0 Å². The zero-order valence-electron chi connectivity index (χ0n) is 16.7. The lowest BCUT2D eigenvalue weighted by Crippen LogP contribution is -2.42. The first-order valence-corrected chi connectivity index (χ1v) is 10.5. The topological polar surface area (TPSA) is 83.1 Å². The Bertz CT molecular complexity index is 1290. The summed E-state index contributed by atoms with van der Waals surface area (Å²) < 4.78 is 0. The molecule has 2 amide bonds. The summed E-state index contributed by atoms with van der Waals surface area (Å²) in [5.41, 5.74) is 8.44. The third-order valence-corrected chi connectivity index (χ3v) is 5.34. The maximum atomic E-state index is 12.4. The van der Waals surface area contributed by atoms with Crippen molar-refractivity contribution in [1.82, 2.24) is 15.8 Å². The lowest BCUT2D eigenvalue weighted by Gasteiger charge is -2.11. The smallest absolute Gasteiger partial charge is 0.269 e. The molecular weight excluding hydrogens is 447 g/mol. The van der Waals surface area contributed by atoms with Gasteiger partial charge >= 0.3 is 0 Å². The van der Waals surface area contributed by atoms with Crippen LogP contribution in [0.2, 0.25) is 10.0 Å². The predicted molar refractivity (Wildman–Crippen MR) is 127 cm³/mol. The van der Waals surface area contributed by atoms with Crippen molar-refractivity contribution in [3.63, 3.8) is 0 Å². The Morgan fingerprint density at radius 2 is 1.66 bits per heavy atom. The predicted octanol–water partition coefficient (Wildman–Crippen LogP) is 5.29. The fourth-order valence-electron chi connectivity index (χ4n) is 3.15. The summed E-state index contributed by atoms with van der Waals surface area (Å²) in [6.07, 6.45) is 1.76. The quantitative estimate of drug-likeness (QED) is 0.350. The normalized spacial score (nSPS) is 10.6. The summed E-state index contributed by atoms with van der Waals surface area (Å²) in [7, 11) is 0. The molecule has 4 aromatic rings. The Hall–Kier alpha value is -3.61. The standard InChI is InChI=1S/C24H18Cl2N4O2/c25-17-8-5-16(20(26)14-17)13-23(31)29-30-24(32)15-6-9-18(10-7-15)28-22-11-12-27-21-4-2-1-3-19(21)22/h1-12,14H,13H2,(H,27,28)(H,29,31)(H,30,32). The van der Waals surface area contributed by atoms with Gasteiger partial charge in [0.05, 0.1) is 11.9 Å². The molecule has 0 fully saturated rings. The van der Waals surface area contributed by atoms with Gasteiger partial charge in [0, 0.05) is 38.6 Å². The molecule has 0 aliphatic heterocycles. The van der Waals surface area contributed by atoms with Gasteiger partial charge in [-0.25, -0.2) is 0 Å². The number of halogens is 2. The van der Waals surface area contributed by atoms with Crippen LogP contribution in [0.15, 0.2) is 79.0 Å². The van der Waals surface area contributed by atoms with Crippen molar-refractivity contribution in [3.8, 4) is 0 Å². The Kier molecular flexibility index (Phi) is 6.54. The number of hydrazine groups is 1. The molecular formula is C24H18Cl2N4O2. The summed E-state index contributed by atoms with van der Waals surface area (Å²) in [6.45, 7) is 0. The SMILES string of the molecule is O=C(Cc1ccc(Cl)cc1Cl)NNC(=O)c1ccc(Nc2ccnc3ccccc23)cc1. The largest absolute Gasteiger partial charge is 0.355 e. The minimum Gasteiger partial charge on any atom is -0.355 e. The van der Waals surface area contributed by atoms with Crippen molar-refractivity contribution < 1.29 is 9.59 Å². The Labute approximate surface area is 194 Å². The highest BCUT2D eigenvalue weighted by atomic mass is 35.5. The molecule has 3 aromatic carbocycles. The maximum Gasteiger partial charge on any atom is 0.269 e. The first-order valence-electron chi connectivity index (χ1n) is 9.73. The maximum absolute atomic E-state index is 12.4. The summed E-state index contributed by atoms with van der Waals surface area (Å²) in [4.78, 5) is 28.8. The third-order valence-electron chi connectivity index (χ3n) is 4.76. The van der Waals surface area contributed by atoms with Crippen molar-refractivity contribution >= 4 is 57.3 Å². The van der Waals surface area contributed by atoms with Crippen LogP contribution in [0.4, 0.5) is 11.4 Å². The molecule has 6 nitrogen and oxygen atoms in total. The van der Waals surface area contributed by atoms with E-state index in [0.717, 1.165) is 22.3 Å². The number of para-hydroxylation sites is 1. The molecule has 160 valence electrons. The van der Waals surface area contributed by atoms with E-state index in [1.807, 2.05) is 30.3 Å². The van der Waals surface area contributed by atoms with Crippen molar-refractivity contribution in [3.05, 3.63) is 100 Å². The van der Waals surface area contributed by atoms with Gasteiger partial charge in [0.1, 0.15) is 0 Å². The molecule has 0 atom stereocenters. The van der Waals surface area contributed by atoms with E-state index in [2.05, 4.69) is 21.2 Å². The number of carbonyl (C=O) groups excluding carboxylic acids is 2. The molecule has 0 saturated heterocycles. The van der Waals surface area contributed by atoms with Crippen molar-refractivity contribution in [2.75, 3.05) is 5.32 Å². The summed E-state index contributed by atoms with van der Waals surface area (Å²) in [5.74, 6) is -0.827. The van der Waals surface area contributed by atoms with Gasteiger partial charge < -0.3 is 5.32 Å². The van der Waals surface area contributed by atoms with Crippen LogP contribution in [0.1, 0.15) is 15.9 Å². The number of hydrogen-bond acceptors (Lipinski definition) is 4. The van der Waals surface area contributed by atoms with Crippen molar-refractivity contribution in [2.45, 2.75) is 6.42 Å². The molecule has 1 aromatic heterocycles. The molecule has 1 heterocycles. The molecule has 32 heavy (non-hydrogen) atoms. The lowest BCUT2D eigenvalue weighted by atomic mass is 10.1. The second-order valence-corrected chi connectivity index (χ2v) is 7.84. The Morgan fingerprint density at radius 3 is 2.44 bits per heavy atom. The number of amides is 2. The second kappa shape index (κ2) is 9.68. The number of benzene rings is 3. The van der Waals surface area contributed by atoms with Gasteiger partial charge in [0.25, 0.3) is 5.91 Å². The summed E-state index contributed by atoms with van der Waals surface area (Å²) in [5, 5.41) is 5.22. The molecule has 0 aliphatic carbocycles. The van der Waals surface area contributed by atoms with E-state index in [-0.39, 0.29) is 6.42 Å². The van der Waals surface area contributed by atoms with Gasteiger partial charge in [-0.05, 0) is 54.1 Å². The van der Waals surface area contributed by atoms with Crippen LogP contribution < -0.4 is 16.2 Å². The molecule has 8 heteroatoms. The zero-order chi connectivity index (χ0) is 22.5. The highest BCUT2D eigenvalue weighted by Crippen LogP contribution is 2.25. The minimum atomic E-state index is -0.429. The average molecular weight is 465 g/mol. The van der Waals surface area contributed by atoms with Gasteiger partial charge in [-0.1, -0.05) is 47.5 Å². The highest BCUT2D eigenvalue weighted by molar-refractivity contribution is 6.35. The molecule has 3 N–H and O–H groups in total. The van der Waals surface area contributed by atoms with Crippen LogP contribution in [-0.4, -0.2) is 16.8 Å². The van der Waals surface area contributed by atoms with Crippen LogP contribution >= 0.6 is 23.2 Å². The van der Waals surface area contributed by atoms with Crippen LogP contribution in [0.25, 0.3) is 10.9 Å². The van der Waals surface area contributed by atoms with E-state index in [0.29, 0.717) is 21.2 Å². The first-order chi connectivity index (χ1) is 15.5. The second-order valence-electron chi connectivity index (χ2n) is 6.99. The Balaban J connectivity index is 1.35. The van der Waals surface area contributed by atoms with Crippen molar-refractivity contribution in [2.24, 2.45) is 0 Å². The number of rotatable bonds is 5. The molecule has 0 aliphatic rings. The number of carbonyl (C=O) groups is 2. The number of fused-ring (bicyclic) bond motifs is 1. The fraction of sp³-hybridized carbons (Fsp3) is 0.0417. The monoisotopic (exact) mass is 464 g/mol. The number of anilines is 2. The van der Waals surface area contributed by atoms with Crippen molar-refractivity contribution in [1.29, 1.82) is 0 Å². The summed E-state index contributed by atoms with van der Waals surface area (Å²) >= 11 is 11.9. The number of nitrogens with zero attached hydrogens (tertiary/aromatic N) is 1. The van der Waals surface area contributed by atoms with Crippen LogP contribution in [0.3, 0.4) is 0 Å². The number of hydrogen-bond donors (Lipinski definition) is 3. The van der Waals surface area contributed by atoms with E-state index >= 15 is 0 Å². The van der Waals surface area contributed by atoms with E-state index in [1.54, 1.807) is 48.7 Å². The first kappa shape index (κ1) is 21.6. The number of aromatic nitrogens is 1. The van der Waals surface area contributed by atoms with Gasteiger partial charge in [0.2, 0.25) is 5.91 Å². The zero-order valence-corrected chi connectivity index (χ0v) is 18.2. The molecule has 0 spiro atoms. The lowest BCUT2D eigenvalue weighted by molar-refractivity contribution is -0.121. The van der Waals surface area contributed by atoms with E-state index in [9.17, 15) is 9.59 Å². The molecule has 4 rings (SSSR count). The molecule has 0 saturated carbocycles. The Morgan fingerprint density at radius 1 is 0.875 bits per heavy atom. The number of nitrogens with one attached hydrogen (secondary N) is 3. The highest BCUT2D eigenvalue weighted by Gasteiger charge is 2.11. The van der Waals surface area contributed by atoms with E-state index in [4.69, 9.17) is 23.2 Å². The van der Waals surface area contributed by atoms with E-state index in [1.165, 1.54) is 0 Å². The molecule has 0 unspecified atom stereocenters. The average Bonchev–Trinajstić information content (AvgIpc) is 2.80.